The van der Waals surface area contributed by atoms with Gasteiger partial charge in [-0.2, -0.15) is 13.2 Å². The quantitative estimate of drug-likeness (QED) is 0.196. The van der Waals surface area contributed by atoms with Crippen molar-refractivity contribution in [2.45, 2.75) is 50.9 Å². The van der Waals surface area contributed by atoms with Gasteiger partial charge < -0.3 is 19.4 Å². The Morgan fingerprint density at radius 1 is 1.07 bits per heavy atom. The van der Waals surface area contributed by atoms with Crippen molar-refractivity contribution in [2.24, 2.45) is 7.05 Å². The van der Waals surface area contributed by atoms with Crippen LogP contribution in [0.3, 0.4) is 0 Å². The number of aryl methyl sites for hydroxylation is 1. The van der Waals surface area contributed by atoms with Crippen LogP contribution in [0.2, 0.25) is 0 Å². The van der Waals surface area contributed by atoms with Crippen molar-refractivity contribution >= 4 is 11.1 Å². The molecule has 42 heavy (non-hydrogen) atoms. The standard InChI is InChI=1S/C31H29F4N5O2/c1-30(2,41)15-36-14-17-11-22(31(33,34)35)27-23(12-17)38-29(42-27)25-24(28-39-37-16-40(28)3)20(18-7-5-4-6-8-18)13-21(26(25)32)19-9-10-19/h4-8,11-13,16,19,36,41H,9-10,14-15H2,1-3H3. The van der Waals surface area contributed by atoms with Crippen molar-refractivity contribution in [1.82, 2.24) is 25.1 Å². The first kappa shape index (κ1) is 28.0. The highest BCUT2D eigenvalue weighted by Gasteiger charge is 2.37. The smallest absolute Gasteiger partial charge is 0.420 e. The second-order valence-electron chi connectivity index (χ2n) is 11.4. The van der Waals surface area contributed by atoms with Gasteiger partial charge in [-0.1, -0.05) is 30.3 Å². The van der Waals surface area contributed by atoms with Crippen LogP contribution in [-0.2, 0) is 19.8 Å². The molecule has 218 valence electrons. The number of nitrogens with one attached hydrogen (secondary N) is 1. The number of fused-ring (bicyclic) bond motifs is 1. The maximum absolute atomic E-state index is 16.5. The molecule has 1 aliphatic rings. The van der Waals surface area contributed by atoms with Crippen LogP contribution >= 0.6 is 0 Å². The first-order valence-corrected chi connectivity index (χ1v) is 13.6. The van der Waals surface area contributed by atoms with Crippen molar-refractivity contribution in [3.63, 3.8) is 0 Å². The minimum absolute atomic E-state index is 0.0108. The molecule has 3 aromatic carbocycles. The minimum Gasteiger partial charge on any atom is -0.435 e. The number of hydrogen-bond acceptors (Lipinski definition) is 6. The molecule has 1 saturated carbocycles. The maximum Gasteiger partial charge on any atom is 0.420 e. The second-order valence-corrected chi connectivity index (χ2v) is 11.4. The van der Waals surface area contributed by atoms with E-state index in [2.05, 4.69) is 20.5 Å². The normalized spacial score (nSPS) is 14.2. The molecule has 0 radical (unpaired) electrons. The van der Waals surface area contributed by atoms with Gasteiger partial charge in [0.05, 0.1) is 11.2 Å². The van der Waals surface area contributed by atoms with Gasteiger partial charge in [-0.05, 0) is 73.1 Å². The van der Waals surface area contributed by atoms with Crippen LogP contribution in [0.5, 0.6) is 0 Å². The molecule has 0 spiro atoms. The Morgan fingerprint density at radius 2 is 1.81 bits per heavy atom. The van der Waals surface area contributed by atoms with E-state index in [-0.39, 0.29) is 36.0 Å². The van der Waals surface area contributed by atoms with Gasteiger partial charge in [0.1, 0.15) is 23.2 Å². The third-order valence-corrected chi connectivity index (χ3v) is 7.28. The number of alkyl halides is 3. The molecule has 6 rings (SSSR count). The largest absolute Gasteiger partial charge is 0.435 e. The van der Waals surface area contributed by atoms with E-state index in [1.54, 1.807) is 31.5 Å². The number of aromatic nitrogens is 4. The van der Waals surface area contributed by atoms with Crippen LogP contribution < -0.4 is 5.32 Å². The summed E-state index contributed by atoms with van der Waals surface area (Å²) in [7, 11) is 1.71. The van der Waals surface area contributed by atoms with Gasteiger partial charge in [0.25, 0.3) is 0 Å². The predicted molar refractivity (Wildman–Crippen MR) is 150 cm³/mol. The second kappa shape index (κ2) is 10.3. The zero-order valence-corrected chi connectivity index (χ0v) is 23.3. The molecule has 0 atom stereocenters. The fourth-order valence-corrected chi connectivity index (χ4v) is 5.18. The summed E-state index contributed by atoms with van der Waals surface area (Å²) in [5.41, 5.74) is -0.127. The molecular formula is C31H29F4N5O2. The summed E-state index contributed by atoms with van der Waals surface area (Å²) in [4.78, 5) is 4.45. The molecule has 0 bridgehead atoms. The zero-order chi connectivity index (χ0) is 29.8. The van der Waals surface area contributed by atoms with Gasteiger partial charge in [0.15, 0.2) is 11.4 Å². The number of hydrogen-bond donors (Lipinski definition) is 2. The molecule has 0 unspecified atom stereocenters. The first-order chi connectivity index (χ1) is 19.9. The summed E-state index contributed by atoms with van der Waals surface area (Å²) in [6.07, 6.45) is -1.67. The summed E-state index contributed by atoms with van der Waals surface area (Å²) in [6, 6.07) is 13.6. The molecule has 2 N–H and O–H groups in total. The number of rotatable bonds is 8. The molecule has 1 fully saturated rings. The summed E-state index contributed by atoms with van der Waals surface area (Å²) < 4.78 is 66.8. The van der Waals surface area contributed by atoms with Crippen LogP contribution in [-0.4, -0.2) is 37.0 Å². The Labute approximate surface area is 239 Å². The van der Waals surface area contributed by atoms with E-state index in [9.17, 15) is 18.3 Å². The first-order valence-electron chi connectivity index (χ1n) is 13.6. The molecule has 0 aliphatic heterocycles. The maximum atomic E-state index is 16.5. The summed E-state index contributed by atoms with van der Waals surface area (Å²) in [5, 5.41) is 21.2. The summed E-state index contributed by atoms with van der Waals surface area (Å²) >= 11 is 0. The fraction of sp³-hybridized carbons (Fsp3) is 0.323. The average molecular weight is 580 g/mol. The molecule has 0 amide bonds. The van der Waals surface area contributed by atoms with Gasteiger partial charge in [0.2, 0.25) is 5.89 Å². The van der Waals surface area contributed by atoms with Crippen molar-refractivity contribution < 1.29 is 27.1 Å². The Balaban J connectivity index is 1.60. The lowest BCUT2D eigenvalue weighted by Gasteiger charge is -2.18. The van der Waals surface area contributed by atoms with Gasteiger partial charge in [-0.3, -0.25) is 0 Å². The third-order valence-electron chi connectivity index (χ3n) is 7.28. The zero-order valence-electron chi connectivity index (χ0n) is 23.3. The monoisotopic (exact) mass is 579 g/mol. The average Bonchev–Trinajstić information content (AvgIpc) is 3.54. The number of aliphatic hydroxyl groups is 1. The van der Waals surface area contributed by atoms with E-state index in [1.807, 2.05) is 30.3 Å². The highest BCUT2D eigenvalue weighted by molar-refractivity contribution is 5.93. The van der Waals surface area contributed by atoms with Crippen LogP contribution in [0.4, 0.5) is 17.6 Å². The Bertz CT molecular complexity index is 1770. The van der Waals surface area contributed by atoms with Crippen molar-refractivity contribution in [3.05, 3.63) is 77.4 Å². The van der Waals surface area contributed by atoms with E-state index in [1.165, 1.54) is 12.4 Å². The third kappa shape index (κ3) is 5.41. The van der Waals surface area contributed by atoms with Crippen molar-refractivity contribution in [1.29, 1.82) is 0 Å². The van der Waals surface area contributed by atoms with Gasteiger partial charge >= 0.3 is 6.18 Å². The molecule has 1 aliphatic carbocycles. The van der Waals surface area contributed by atoms with Crippen LogP contribution in [0.15, 0.2) is 59.3 Å². The van der Waals surface area contributed by atoms with E-state index < -0.39 is 28.7 Å². The van der Waals surface area contributed by atoms with Gasteiger partial charge in [-0.25, -0.2) is 9.37 Å². The van der Waals surface area contributed by atoms with E-state index in [4.69, 9.17) is 4.42 Å². The summed E-state index contributed by atoms with van der Waals surface area (Å²) in [5.74, 6) is -0.558. The Kier molecular flexibility index (Phi) is 6.89. The number of halogens is 4. The van der Waals surface area contributed by atoms with Crippen LogP contribution in [0, 0.1) is 5.82 Å². The van der Waals surface area contributed by atoms with E-state index >= 15 is 4.39 Å². The lowest BCUT2D eigenvalue weighted by molar-refractivity contribution is -0.136. The molecule has 0 saturated heterocycles. The number of nitrogens with zero attached hydrogens (tertiary/aromatic N) is 4. The Hall–Kier alpha value is -4.09. The molecular weight excluding hydrogens is 550 g/mol. The molecule has 2 aromatic heterocycles. The van der Waals surface area contributed by atoms with Gasteiger partial charge in [0, 0.05) is 25.7 Å². The predicted octanol–water partition coefficient (Wildman–Crippen LogP) is 6.85. The lowest BCUT2D eigenvalue weighted by atomic mass is 9.90. The molecule has 7 nitrogen and oxygen atoms in total. The SMILES string of the molecule is Cn1cnnc1-c1c(-c2ccccc2)cc(C2CC2)c(F)c1-c1nc2cc(CNCC(C)(C)O)cc(C(F)(F)F)c2o1. The summed E-state index contributed by atoms with van der Waals surface area (Å²) in [6.45, 7) is 3.41. The molecule has 2 heterocycles. The van der Waals surface area contributed by atoms with E-state index in [0.29, 0.717) is 28.1 Å². The van der Waals surface area contributed by atoms with E-state index in [0.717, 1.165) is 24.5 Å². The molecule has 11 heteroatoms. The molecule has 5 aromatic rings. The van der Waals surface area contributed by atoms with Crippen molar-refractivity contribution in [2.75, 3.05) is 6.54 Å². The highest BCUT2D eigenvalue weighted by Crippen LogP contribution is 2.49. The van der Waals surface area contributed by atoms with Crippen LogP contribution in [0.25, 0.3) is 45.1 Å². The van der Waals surface area contributed by atoms with Crippen molar-refractivity contribution in [3.8, 4) is 34.0 Å². The number of oxazole rings is 1. The number of benzene rings is 3. The fourth-order valence-electron chi connectivity index (χ4n) is 5.18. The minimum atomic E-state index is -4.75. The van der Waals surface area contributed by atoms with Gasteiger partial charge in [-0.15, -0.1) is 10.2 Å². The Morgan fingerprint density at radius 3 is 2.43 bits per heavy atom. The van der Waals surface area contributed by atoms with Crippen LogP contribution in [0.1, 0.15) is 49.3 Å². The lowest BCUT2D eigenvalue weighted by Crippen LogP contribution is -2.34. The topological polar surface area (TPSA) is 89.0 Å². The highest BCUT2D eigenvalue weighted by atomic mass is 19.4.